The predicted octanol–water partition coefficient (Wildman–Crippen LogP) is 7.63. The highest BCUT2D eigenvalue weighted by Gasteiger charge is 2.12. The third kappa shape index (κ3) is 5.09. The van der Waals surface area contributed by atoms with Crippen LogP contribution in [0.1, 0.15) is 17.7 Å². The van der Waals surface area contributed by atoms with E-state index in [0.717, 1.165) is 35.7 Å². The smallest absolute Gasteiger partial charge is 0.236 e. The molecule has 0 amide bonds. The van der Waals surface area contributed by atoms with Crippen LogP contribution in [0.3, 0.4) is 0 Å². The summed E-state index contributed by atoms with van der Waals surface area (Å²) in [6, 6.07) is 27.4. The van der Waals surface area contributed by atoms with Crippen molar-refractivity contribution in [3.8, 4) is 27.6 Å². The molecule has 0 N–H and O–H groups in total. The molecule has 178 valence electrons. The molecule has 0 saturated carbocycles. The van der Waals surface area contributed by atoms with Crippen LogP contribution in [0.15, 0.2) is 108 Å². The van der Waals surface area contributed by atoms with Gasteiger partial charge in [-0.15, -0.1) is 11.3 Å². The van der Waals surface area contributed by atoms with E-state index >= 15 is 0 Å². The van der Waals surface area contributed by atoms with E-state index in [1.165, 1.54) is 26.8 Å². The van der Waals surface area contributed by atoms with Gasteiger partial charge in [-0.05, 0) is 65.3 Å². The molecule has 3 heterocycles. The fraction of sp³-hybridized carbons (Fsp3) is 0.133. The zero-order chi connectivity index (χ0) is 24.2. The number of fused-ring (bicyclic) bond motifs is 1. The van der Waals surface area contributed by atoms with Gasteiger partial charge in [0.25, 0.3) is 0 Å². The van der Waals surface area contributed by atoms with Crippen LogP contribution in [0.2, 0.25) is 0 Å². The van der Waals surface area contributed by atoms with Gasteiger partial charge in [0.2, 0.25) is 5.89 Å². The Hall–Kier alpha value is -4.16. The molecule has 0 fully saturated rings. The largest absolute Gasteiger partial charge is 0.487 e. The molecule has 6 rings (SSSR count). The van der Waals surface area contributed by atoms with Crippen LogP contribution in [0.4, 0.5) is 0 Å². The zero-order valence-electron chi connectivity index (χ0n) is 19.7. The van der Waals surface area contributed by atoms with Crippen molar-refractivity contribution in [2.75, 3.05) is 0 Å². The molecule has 0 radical (unpaired) electrons. The van der Waals surface area contributed by atoms with Crippen LogP contribution in [-0.2, 0) is 19.6 Å². The lowest BCUT2D eigenvalue weighted by Crippen LogP contribution is -1.98. The van der Waals surface area contributed by atoms with E-state index in [1.54, 1.807) is 17.6 Å². The quantitative estimate of drug-likeness (QED) is 0.209. The Morgan fingerprint density at radius 1 is 0.917 bits per heavy atom. The van der Waals surface area contributed by atoms with E-state index in [-0.39, 0.29) is 0 Å². The minimum Gasteiger partial charge on any atom is -0.487 e. The molecule has 5 nitrogen and oxygen atoms in total. The van der Waals surface area contributed by atoms with Gasteiger partial charge in [-0.3, -0.25) is 0 Å². The summed E-state index contributed by atoms with van der Waals surface area (Å²) in [5.41, 5.74) is 4.49. The van der Waals surface area contributed by atoms with Gasteiger partial charge >= 0.3 is 0 Å². The third-order valence-electron chi connectivity index (χ3n) is 6.14. The first-order valence-corrected chi connectivity index (χ1v) is 12.8. The van der Waals surface area contributed by atoms with Crippen LogP contribution < -0.4 is 4.74 Å². The normalized spacial score (nSPS) is 11.2. The van der Waals surface area contributed by atoms with Gasteiger partial charge in [0, 0.05) is 23.6 Å². The Bertz CT molecular complexity index is 1550. The number of nitrogens with zero attached hydrogens (tertiary/aromatic N) is 3. The summed E-state index contributed by atoms with van der Waals surface area (Å²) in [6.45, 7) is 1.34. The first-order chi connectivity index (χ1) is 17.8. The Balaban J connectivity index is 1.07. The summed E-state index contributed by atoms with van der Waals surface area (Å²) < 4.78 is 15.1. The first kappa shape index (κ1) is 22.3. The predicted molar refractivity (Wildman–Crippen MR) is 144 cm³/mol. The van der Waals surface area contributed by atoms with E-state index in [2.05, 4.69) is 75.2 Å². The fourth-order valence-electron chi connectivity index (χ4n) is 4.24. The molecule has 0 bridgehead atoms. The topological polar surface area (TPSA) is 53.1 Å². The van der Waals surface area contributed by atoms with Gasteiger partial charge in [0.05, 0.1) is 11.2 Å². The van der Waals surface area contributed by atoms with Crippen molar-refractivity contribution in [1.82, 2.24) is 14.5 Å². The van der Waals surface area contributed by atoms with Gasteiger partial charge in [0.1, 0.15) is 24.3 Å². The van der Waals surface area contributed by atoms with Crippen LogP contribution in [0, 0.1) is 0 Å². The molecular weight excluding hydrogens is 466 g/mol. The lowest BCUT2D eigenvalue weighted by Gasteiger charge is -2.06. The Labute approximate surface area is 213 Å². The summed E-state index contributed by atoms with van der Waals surface area (Å²) in [4.78, 5) is 9.76. The minimum atomic E-state index is 0.368. The molecular formula is C30H25N3O2S. The van der Waals surface area contributed by atoms with Gasteiger partial charge in [-0.2, -0.15) is 0 Å². The van der Waals surface area contributed by atoms with Crippen molar-refractivity contribution in [2.45, 2.75) is 26.0 Å². The van der Waals surface area contributed by atoms with Crippen molar-refractivity contribution in [2.24, 2.45) is 0 Å². The third-order valence-corrected chi connectivity index (χ3v) is 7.24. The molecule has 0 aliphatic rings. The zero-order valence-corrected chi connectivity index (χ0v) is 20.5. The van der Waals surface area contributed by atoms with E-state index in [4.69, 9.17) is 9.15 Å². The molecule has 0 aliphatic heterocycles. The number of hydrogen-bond donors (Lipinski definition) is 0. The van der Waals surface area contributed by atoms with Crippen molar-refractivity contribution in [3.05, 3.63) is 115 Å². The van der Waals surface area contributed by atoms with E-state index < -0.39 is 0 Å². The summed E-state index contributed by atoms with van der Waals surface area (Å²) >= 11 is 1.69. The molecule has 0 atom stereocenters. The van der Waals surface area contributed by atoms with Crippen molar-refractivity contribution >= 4 is 21.4 Å². The van der Waals surface area contributed by atoms with Gasteiger partial charge in [-0.1, -0.05) is 48.5 Å². The van der Waals surface area contributed by atoms with Crippen LogP contribution >= 0.6 is 11.3 Å². The molecule has 0 spiro atoms. The van der Waals surface area contributed by atoms with Gasteiger partial charge in [0.15, 0.2) is 0 Å². The Kier molecular flexibility index (Phi) is 6.33. The number of ether oxygens (including phenoxy) is 1. The molecule has 6 heteroatoms. The maximum atomic E-state index is 5.95. The van der Waals surface area contributed by atoms with Crippen molar-refractivity contribution in [3.63, 3.8) is 0 Å². The second-order valence-corrected chi connectivity index (χ2v) is 9.79. The highest BCUT2D eigenvalue weighted by Crippen LogP contribution is 2.35. The standard InChI is InChI=1S/C30H25N3O2S/c1-2-6-23(7-3-1)24-10-13-28-25(17-24)18-29(36-28)30-32-26(20-35-30)19-34-27-11-8-22(9-12-27)5-4-15-33-16-14-31-21-33/h1-3,6-14,16-18,20-21H,4-5,15,19H2. The first-order valence-electron chi connectivity index (χ1n) is 12.0. The highest BCUT2D eigenvalue weighted by atomic mass is 32.1. The van der Waals surface area contributed by atoms with Crippen molar-refractivity contribution < 1.29 is 9.15 Å². The second-order valence-electron chi connectivity index (χ2n) is 8.71. The number of hydrogen-bond acceptors (Lipinski definition) is 5. The van der Waals surface area contributed by atoms with Crippen LogP contribution in [-0.4, -0.2) is 14.5 Å². The minimum absolute atomic E-state index is 0.368. The van der Waals surface area contributed by atoms with Crippen LogP contribution in [0.5, 0.6) is 5.75 Å². The number of benzene rings is 3. The van der Waals surface area contributed by atoms with Crippen molar-refractivity contribution in [1.29, 1.82) is 0 Å². The Morgan fingerprint density at radius 2 is 1.81 bits per heavy atom. The molecule has 36 heavy (non-hydrogen) atoms. The number of oxazole rings is 1. The van der Waals surface area contributed by atoms with Crippen LogP contribution in [0.25, 0.3) is 32.0 Å². The molecule has 3 aromatic carbocycles. The maximum Gasteiger partial charge on any atom is 0.236 e. The molecule has 0 saturated heterocycles. The number of rotatable bonds is 9. The average Bonchev–Trinajstić information content (AvgIpc) is 3.69. The SMILES string of the molecule is c1ccc(-c2ccc3sc(-c4nc(COc5ccc(CCCn6ccnc6)cc5)co4)cc3c2)cc1. The lowest BCUT2D eigenvalue weighted by atomic mass is 10.0. The number of thiophene rings is 1. The molecule has 6 aromatic rings. The van der Waals surface area contributed by atoms with E-state index in [0.29, 0.717) is 12.5 Å². The van der Waals surface area contributed by atoms with Gasteiger partial charge < -0.3 is 13.7 Å². The summed E-state index contributed by atoms with van der Waals surface area (Å²) in [7, 11) is 0. The Morgan fingerprint density at radius 3 is 2.64 bits per heavy atom. The second kappa shape index (κ2) is 10.2. The highest BCUT2D eigenvalue weighted by molar-refractivity contribution is 7.22. The summed E-state index contributed by atoms with van der Waals surface area (Å²) in [5, 5.41) is 1.19. The van der Waals surface area contributed by atoms with E-state index in [9.17, 15) is 0 Å². The molecule has 0 unspecified atom stereocenters. The van der Waals surface area contributed by atoms with Gasteiger partial charge in [-0.25, -0.2) is 9.97 Å². The molecule has 0 aliphatic carbocycles. The maximum absolute atomic E-state index is 5.95. The fourth-order valence-corrected chi connectivity index (χ4v) is 5.22. The summed E-state index contributed by atoms with van der Waals surface area (Å²) in [5.74, 6) is 1.46. The lowest BCUT2D eigenvalue weighted by molar-refractivity contribution is 0.301. The number of aryl methyl sites for hydroxylation is 2. The molecule has 3 aromatic heterocycles. The average molecular weight is 492 g/mol. The monoisotopic (exact) mass is 491 g/mol. The number of aromatic nitrogens is 3. The summed E-state index contributed by atoms with van der Waals surface area (Å²) in [6.07, 6.45) is 9.44. The number of imidazole rings is 1. The van der Waals surface area contributed by atoms with E-state index in [1.807, 2.05) is 36.9 Å².